The van der Waals surface area contributed by atoms with Gasteiger partial charge in [-0.2, -0.15) is 5.26 Å². The van der Waals surface area contributed by atoms with E-state index in [2.05, 4.69) is 6.07 Å². The van der Waals surface area contributed by atoms with E-state index in [-0.39, 0.29) is 5.75 Å². The molecular weight excluding hydrogens is 312 g/mol. The second-order valence-electron chi connectivity index (χ2n) is 5.61. The number of nitrogens with zero attached hydrogens (tertiary/aromatic N) is 2. The summed E-state index contributed by atoms with van der Waals surface area (Å²) in [7, 11) is 0. The van der Waals surface area contributed by atoms with E-state index in [1.54, 1.807) is 22.8 Å². The van der Waals surface area contributed by atoms with Gasteiger partial charge in [0, 0.05) is 18.0 Å². The van der Waals surface area contributed by atoms with Crippen LogP contribution in [-0.4, -0.2) is 9.67 Å². The number of aromatic hydroxyl groups is 1. The van der Waals surface area contributed by atoms with Gasteiger partial charge in [-0.05, 0) is 29.8 Å². The third-order valence-corrected chi connectivity index (χ3v) is 4.02. The number of aromatic nitrogens is 1. The second-order valence-corrected chi connectivity index (χ2v) is 5.61. The zero-order valence-electron chi connectivity index (χ0n) is 13.3. The summed E-state index contributed by atoms with van der Waals surface area (Å²) in [6.45, 7) is 0. The van der Waals surface area contributed by atoms with Gasteiger partial charge in [-0.25, -0.2) is 0 Å². The van der Waals surface area contributed by atoms with Crippen molar-refractivity contribution < 1.29 is 9.52 Å². The molecule has 0 saturated heterocycles. The van der Waals surface area contributed by atoms with Crippen molar-refractivity contribution in [2.45, 2.75) is 0 Å². The van der Waals surface area contributed by atoms with E-state index in [0.717, 1.165) is 11.1 Å². The summed E-state index contributed by atoms with van der Waals surface area (Å²) in [5, 5.41) is 20.1. The molecule has 0 aliphatic rings. The molecule has 4 heteroatoms. The first-order chi connectivity index (χ1) is 12.3. The molecule has 0 spiro atoms. The lowest BCUT2D eigenvalue weighted by Gasteiger charge is -2.04. The van der Waals surface area contributed by atoms with Crippen LogP contribution < -0.4 is 0 Å². The van der Waals surface area contributed by atoms with Gasteiger partial charge < -0.3 is 9.52 Å². The molecule has 25 heavy (non-hydrogen) atoms. The van der Waals surface area contributed by atoms with E-state index in [9.17, 15) is 10.4 Å². The molecule has 4 rings (SSSR count). The van der Waals surface area contributed by atoms with E-state index in [1.807, 2.05) is 60.9 Å². The molecule has 0 unspecified atom stereocenters. The molecule has 2 aromatic heterocycles. The van der Waals surface area contributed by atoms with Gasteiger partial charge >= 0.3 is 0 Å². The van der Waals surface area contributed by atoms with Crippen LogP contribution in [0.5, 0.6) is 5.75 Å². The summed E-state index contributed by atoms with van der Waals surface area (Å²) >= 11 is 0. The Morgan fingerprint density at radius 1 is 0.880 bits per heavy atom. The Labute approximate surface area is 144 Å². The molecule has 2 heterocycles. The van der Waals surface area contributed by atoms with Gasteiger partial charge in [-0.15, -0.1) is 0 Å². The van der Waals surface area contributed by atoms with Crippen LogP contribution in [0.15, 0.2) is 83.5 Å². The first kappa shape index (κ1) is 14.9. The van der Waals surface area contributed by atoms with Crippen molar-refractivity contribution in [3.05, 3.63) is 84.7 Å². The lowest BCUT2D eigenvalue weighted by molar-refractivity contribution is 0.464. The summed E-state index contributed by atoms with van der Waals surface area (Å²) in [5.41, 5.74) is 2.60. The number of hydrogen-bond donors (Lipinski definition) is 1. The van der Waals surface area contributed by atoms with Crippen LogP contribution in [0, 0.1) is 11.3 Å². The topological polar surface area (TPSA) is 62.1 Å². The van der Waals surface area contributed by atoms with Crippen LogP contribution >= 0.6 is 0 Å². The van der Waals surface area contributed by atoms with E-state index in [0.29, 0.717) is 22.8 Å². The summed E-state index contributed by atoms with van der Waals surface area (Å²) in [5.74, 6) is 0.975. The highest BCUT2D eigenvalue weighted by atomic mass is 16.4. The van der Waals surface area contributed by atoms with Gasteiger partial charge in [0.2, 0.25) is 5.88 Å². The second kappa shape index (κ2) is 6.06. The third kappa shape index (κ3) is 2.58. The van der Waals surface area contributed by atoms with E-state index < -0.39 is 0 Å². The lowest BCUT2D eigenvalue weighted by Crippen LogP contribution is -1.90. The van der Waals surface area contributed by atoms with Crippen LogP contribution in [-0.2, 0) is 0 Å². The molecule has 4 aromatic rings. The molecule has 0 aliphatic carbocycles. The smallest absolute Gasteiger partial charge is 0.216 e. The van der Waals surface area contributed by atoms with Crippen LogP contribution in [0.4, 0.5) is 0 Å². The van der Waals surface area contributed by atoms with Crippen LogP contribution in [0.3, 0.4) is 0 Å². The van der Waals surface area contributed by atoms with Crippen LogP contribution in [0.2, 0.25) is 0 Å². The SMILES string of the molecule is N#Cc1cccc(-c2c(-n3cccc3)oc(-c3ccccc3)c2O)c1. The van der Waals surface area contributed by atoms with E-state index in [1.165, 1.54) is 0 Å². The van der Waals surface area contributed by atoms with Gasteiger partial charge in [0.15, 0.2) is 11.5 Å². The van der Waals surface area contributed by atoms with Gasteiger partial charge in [0.25, 0.3) is 0 Å². The fourth-order valence-electron chi connectivity index (χ4n) is 2.85. The highest BCUT2D eigenvalue weighted by molar-refractivity contribution is 5.85. The summed E-state index contributed by atoms with van der Waals surface area (Å²) in [6.07, 6.45) is 3.70. The van der Waals surface area contributed by atoms with Crippen molar-refractivity contribution in [1.82, 2.24) is 4.57 Å². The third-order valence-electron chi connectivity index (χ3n) is 4.02. The lowest BCUT2D eigenvalue weighted by atomic mass is 10.0. The summed E-state index contributed by atoms with van der Waals surface area (Å²) in [6, 6.07) is 22.5. The van der Waals surface area contributed by atoms with E-state index >= 15 is 0 Å². The monoisotopic (exact) mass is 326 g/mol. The molecule has 120 valence electrons. The standard InChI is InChI=1S/C21H14N2O2/c22-14-15-7-6-10-17(13-15)18-19(24)20(16-8-2-1-3-9-16)25-21(18)23-11-4-5-12-23/h1-13,24H. The minimum atomic E-state index is 0.0602. The van der Waals surface area contributed by atoms with Crippen molar-refractivity contribution in [3.63, 3.8) is 0 Å². The number of rotatable bonds is 3. The van der Waals surface area contributed by atoms with Gasteiger partial charge in [0.1, 0.15) is 0 Å². The first-order valence-corrected chi connectivity index (χ1v) is 7.83. The summed E-state index contributed by atoms with van der Waals surface area (Å²) < 4.78 is 7.84. The first-order valence-electron chi connectivity index (χ1n) is 7.83. The highest BCUT2D eigenvalue weighted by Gasteiger charge is 2.23. The zero-order chi connectivity index (χ0) is 17.2. The van der Waals surface area contributed by atoms with Crippen LogP contribution in [0.1, 0.15) is 5.56 Å². The number of furan rings is 1. The average molecular weight is 326 g/mol. The molecule has 0 aliphatic heterocycles. The fraction of sp³-hybridized carbons (Fsp3) is 0. The molecule has 1 N–H and O–H groups in total. The van der Waals surface area contributed by atoms with Gasteiger partial charge in [0.05, 0.1) is 17.2 Å². The molecule has 2 aromatic carbocycles. The minimum Gasteiger partial charge on any atom is -0.504 e. The largest absolute Gasteiger partial charge is 0.504 e. The molecule has 0 atom stereocenters. The Morgan fingerprint density at radius 2 is 1.60 bits per heavy atom. The molecular formula is C21H14N2O2. The Hall–Kier alpha value is -3.71. The minimum absolute atomic E-state index is 0.0602. The molecule has 0 bridgehead atoms. The van der Waals surface area contributed by atoms with Crippen LogP contribution in [0.25, 0.3) is 28.3 Å². The quantitative estimate of drug-likeness (QED) is 0.577. The number of benzene rings is 2. The predicted octanol–water partition coefficient (Wildman–Crippen LogP) is 4.98. The van der Waals surface area contributed by atoms with Crippen molar-refractivity contribution in [2.24, 2.45) is 0 Å². The molecule has 0 amide bonds. The normalized spacial score (nSPS) is 10.5. The zero-order valence-corrected chi connectivity index (χ0v) is 13.3. The maximum atomic E-state index is 10.9. The molecule has 0 saturated carbocycles. The Balaban J connectivity index is 1.99. The Morgan fingerprint density at radius 3 is 2.32 bits per heavy atom. The maximum absolute atomic E-state index is 10.9. The predicted molar refractivity (Wildman–Crippen MR) is 95.3 cm³/mol. The highest BCUT2D eigenvalue weighted by Crippen LogP contribution is 2.45. The molecule has 0 fully saturated rings. The Kier molecular flexibility index (Phi) is 3.60. The Bertz CT molecular complexity index is 1060. The van der Waals surface area contributed by atoms with E-state index in [4.69, 9.17) is 4.42 Å². The van der Waals surface area contributed by atoms with Gasteiger partial charge in [-0.1, -0.05) is 42.5 Å². The average Bonchev–Trinajstić information content (AvgIpc) is 3.30. The summed E-state index contributed by atoms with van der Waals surface area (Å²) in [4.78, 5) is 0. The number of nitriles is 1. The van der Waals surface area contributed by atoms with Gasteiger partial charge in [-0.3, -0.25) is 4.57 Å². The molecule has 4 nitrogen and oxygen atoms in total. The van der Waals surface area contributed by atoms with Crippen molar-refractivity contribution in [2.75, 3.05) is 0 Å². The maximum Gasteiger partial charge on any atom is 0.216 e. The fourth-order valence-corrected chi connectivity index (χ4v) is 2.85. The molecule has 0 radical (unpaired) electrons. The number of hydrogen-bond acceptors (Lipinski definition) is 3. The van der Waals surface area contributed by atoms with Crippen molar-refractivity contribution in [1.29, 1.82) is 5.26 Å². The van der Waals surface area contributed by atoms with Crippen molar-refractivity contribution in [3.8, 4) is 40.2 Å². The van der Waals surface area contributed by atoms with Crippen molar-refractivity contribution >= 4 is 0 Å².